The van der Waals surface area contributed by atoms with E-state index in [9.17, 15) is 13.6 Å². The summed E-state index contributed by atoms with van der Waals surface area (Å²) in [6.45, 7) is 3.35. The number of hydrogen-bond donors (Lipinski definition) is 2. The lowest BCUT2D eigenvalue weighted by atomic mass is 10.0. The van der Waals surface area contributed by atoms with Crippen molar-refractivity contribution in [3.63, 3.8) is 0 Å². The van der Waals surface area contributed by atoms with E-state index in [0.29, 0.717) is 24.6 Å². The number of nitrogens with one attached hydrogen (secondary N) is 2. The molecule has 1 amide bonds. The highest BCUT2D eigenvalue weighted by molar-refractivity contribution is 7.17. The molecule has 0 radical (unpaired) electrons. The molecular formula is C22H28F2N6OS. The summed E-state index contributed by atoms with van der Waals surface area (Å²) in [7, 11) is 1.70. The van der Waals surface area contributed by atoms with Crippen molar-refractivity contribution in [1.29, 1.82) is 0 Å². The Balaban J connectivity index is 1.42. The first-order valence-corrected chi connectivity index (χ1v) is 11.7. The Hall–Kier alpha value is -2.59. The molecule has 2 atom stereocenters. The van der Waals surface area contributed by atoms with Gasteiger partial charge in [0.25, 0.3) is 12.3 Å². The van der Waals surface area contributed by atoms with E-state index in [-0.39, 0.29) is 23.5 Å². The Labute approximate surface area is 189 Å². The number of carbonyl (C=O) groups excluding carboxylic acids is 1. The third-order valence-electron chi connectivity index (χ3n) is 5.98. The minimum absolute atomic E-state index is 0.0362. The van der Waals surface area contributed by atoms with Crippen LogP contribution in [0.3, 0.4) is 0 Å². The molecule has 1 aliphatic heterocycles. The van der Waals surface area contributed by atoms with Gasteiger partial charge in [0.05, 0.1) is 6.04 Å². The Bertz CT molecular complexity index is 1050. The van der Waals surface area contributed by atoms with Gasteiger partial charge in [-0.1, -0.05) is 42.9 Å². The topological polar surface area (TPSA) is 77.1 Å². The van der Waals surface area contributed by atoms with Gasteiger partial charge in [-0.05, 0) is 31.5 Å². The number of rotatable bonds is 8. The number of aromatic nitrogens is 3. The highest BCUT2D eigenvalue weighted by Crippen LogP contribution is 2.25. The summed E-state index contributed by atoms with van der Waals surface area (Å²) in [5.74, 6) is -0.272. The fourth-order valence-corrected chi connectivity index (χ4v) is 4.95. The zero-order valence-corrected chi connectivity index (χ0v) is 19.0. The van der Waals surface area contributed by atoms with Crippen LogP contribution < -0.4 is 10.2 Å². The normalized spacial score (nSPS) is 18.4. The average Bonchev–Trinajstić information content (AvgIpc) is 3.42. The number of anilines is 1. The van der Waals surface area contributed by atoms with E-state index >= 15 is 0 Å². The zero-order chi connectivity index (χ0) is 22.7. The second kappa shape index (κ2) is 9.91. The first kappa shape index (κ1) is 22.6. The molecule has 0 bridgehead atoms. The molecule has 0 aliphatic carbocycles. The largest absolute Gasteiger partial charge is 0.361 e. The number of para-hydroxylation sites is 1. The smallest absolute Gasteiger partial charge is 0.282 e. The van der Waals surface area contributed by atoms with Crippen molar-refractivity contribution in [2.45, 2.75) is 44.7 Å². The van der Waals surface area contributed by atoms with Crippen molar-refractivity contribution in [2.24, 2.45) is 0 Å². The number of piperazine rings is 1. The van der Waals surface area contributed by atoms with Crippen LogP contribution in [-0.2, 0) is 6.42 Å². The van der Waals surface area contributed by atoms with Crippen LogP contribution in [0.25, 0.3) is 10.9 Å². The molecule has 2 unspecified atom stereocenters. The molecular weight excluding hydrogens is 434 g/mol. The predicted molar refractivity (Wildman–Crippen MR) is 123 cm³/mol. The van der Waals surface area contributed by atoms with Gasteiger partial charge in [-0.15, -0.1) is 10.2 Å². The average molecular weight is 463 g/mol. The van der Waals surface area contributed by atoms with Crippen LogP contribution in [0.5, 0.6) is 0 Å². The summed E-state index contributed by atoms with van der Waals surface area (Å²) in [5, 5.41) is 13.2. The molecule has 1 saturated heterocycles. The number of H-pyrrole nitrogens is 1. The number of alkyl halides is 2. The molecule has 3 aromatic rings. The van der Waals surface area contributed by atoms with Gasteiger partial charge in [0.15, 0.2) is 0 Å². The quantitative estimate of drug-likeness (QED) is 0.536. The minimum atomic E-state index is -2.43. The van der Waals surface area contributed by atoms with Crippen LogP contribution >= 0.6 is 11.3 Å². The first-order chi connectivity index (χ1) is 15.5. The van der Waals surface area contributed by atoms with E-state index < -0.39 is 12.5 Å². The van der Waals surface area contributed by atoms with Gasteiger partial charge in [0, 0.05) is 42.8 Å². The fraction of sp³-hybridized carbons (Fsp3) is 0.500. The number of nitrogens with zero attached hydrogens (tertiary/aromatic N) is 4. The molecule has 0 saturated carbocycles. The molecule has 2 N–H and O–H groups in total. The lowest BCUT2D eigenvalue weighted by molar-refractivity contribution is 0.0325. The zero-order valence-electron chi connectivity index (χ0n) is 18.2. The fourth-order valence-electron chi connectivity index (χ4n) is 4.17. The molecule has 32 heavy (non-hydrogen) atoms. The van der Waals surface area contributed by atoms with Crippen LogP contribution in [0.2, 0.25) is 0 Å². The van der Waals surface area contributed by atoms with Gasteiger partial charge >= 0.3 is 0 Å². The van der Waals surface area contributed by atoms with E-state index in [4.69, 9.17) is 0 Å². The highest BCUT2D eigenvalue weighted by Gasteiger charge is 2.33. The maximum Gasteiger partial charge on any atom is 0.282 e. The third-order valence-corrected chi connectivity index (χ3v) is 6.96. The second-order valence-corrected chi connectivity index (χ2v) is 9.20. The van der Waals surface area contributed by atoms with Gasteiger partial charge in [-0.2, -0.15) is 0 Å². The van der Waals surface area contributed by atoms with Gasteiger partial charge in [-0.25, -0.2) is 8.78 Å². The molecule has 172 valence electrons. The SMILES string of the molecule is CCCC(Cc1c[nH]c2ccccc12)NC(=O)c1nnc(N2CCN(C)C(C(F)F)C2)s1. The number of fused-ring (bicyclic) bond motifs is 1. The third kappa shape index (κ3) is 4.91. The van der Waals surface area contributed by atoms with E-state index in [0.717, 1.165) is 40.6 Å². The van der Waals surface area contributed by atoms with Crippen molar-refractivity contribution < 1.29 is 13.6 Å². The molecule has 2 aromatic heterocycles. The number of halogens is 2. The Morgan fingerprint density at radius 3 is 2.91 bits per heavy atom. The van der Waals surface area contributed by atoms with Crippen molar-refractivity contribution in [2.75, 3.05) is 31.6 Å². The number of carbonyl (C=O) groups is 1. The molecule has 1 aliphatic rings. The highest BCUT2D eigenvalue weighted by atomic mass is 32.1. The van der Waals surface area contributed by atoms with Crippen LogP contribution in [0.1, 0.15) is 35.1 Å². The van der Waals surface area contributed by atoms with Crippen molar-refractivity contribution >= 4 is 33.3 Å². The van der Waals surface area contributed by atoms with Crippen LogP contribution in [0.15, 0.2) is 30.5 Å². The number of likely N-dealkylation sites (N-methyl/N-ethyl adjacent to an activating group) is 1. The predicted octanol–water partition coefficient (Wildman–Crippen LogP) is 3.55. The molecule has 1 fully saturated rings. The Kier molecular flexibility index (Phi) is 7.00. The maximum absolute atomic E-state index is 13.3. The Morgan fingerprint density at radius 2 is 2.12 bits per heavy atom. The van der Waals surface area contributed by atoms with Crippen LogP contribution in [0, 0.1) is 0 Å². The summed E-state index contributed by atoms with van der Waals surface area (Å²) in [6.07, 6.45) is 2.05. The van der Waals surface area contributed by atoms with E-state index in [1.165, 1.54) is 0 Å². The number of benzene rings is 1. The summed E-state index contributed by atoms with van der Waals surface area (Å²) in [6, 6.07) is 7.22. The van der Waals surface area contributed by atoms with Gasteiger partial charge in [0.1, 0.15) is 0 Å². The Morgan fingerprint density at radius 1 is 1.31 bits per heavy atom. The number of hydrogen-bond acceptors (Lipinski definition) is 6. The molecule has 10 heteroatoms. The van der Waals surface area contributed by atoms with Crippen molar-refractivity contribution in [1.82, 2.24) is 25.4 Å². The summed E-state index contributed by atoms with van der Waals surface area (Å²) < 4.78 is 26.6. The van der Waals surface area contributed by atoms with E-state index in [1.54, 1.807) is 16.8 Å². The van der Waals surface area contributed by atoms with Crippen LogP contribution in [0.4, 0.5) is 13.9 Å². The van der Waals surface area contributed by atoms with Gasteiger partial charge in [-0.3, -0.25) is 9.69 Å². The maximum atomic E-state index is 13.3. The molecule has 4 rings (SSSR count). The molecule has 3 heterocycles. The molecule has 7 nitrogen and oxygen atoms in total. The van der Waals surface area contributed by atoms with E-state index in [1.807, 2.05) is 24.4 Å². The molecule has 1 aromatic carbocycles. The summed E-state index contributed by atoms with van der Waals surface area (Å²) >= 11 is 1.16. The van der Waals surface area contributed by atoms with Crippen molar-refractivity contribution in [3.05, 3.63) is 41.0 Å². The van der Waals surface area contributed by atoms with Crippen molar-refractivity contribution in [3.8, 4) is 0 Å². The van der Waals surface area contributed by atoms with Crippen LogP contribution in [-0.4, -0.2) is 71.2 Å². The number of aromatic amines is 1. The second-order valence-electron chi connectivity index (χ2n) is 8.24. The minimum Gasteiger partial charge on any atom is -0.361 e. The van der Waals surface area contributed by atoms with E-state index in [2.05, 4.69) is 33.5 Å². The standard InChI is InChI=1S/C22H28F2N6OS/c1-3-6-15(11-14-12-25-17-8-5-4-7-16(14)17)26-20(31)21-27-28-22(32-21)30-10-9-29(2)18(13-30)19(23)24/h4-5,7-8,12,15,18-19,25H,3,6,9-11,13H2,1-2H3,(H,26,31). The first-order valence-electron chi connectivity index (χ1n) is 10.9. The number of amides is 1. The lowest BCUT2D eigenvalue weighted by Gasteiger charge is -2.38. The summed E-state index contributed by atoms with van der Waals surface area (Å²) in [5.41, 5.74) is 2.24. The van der Waals surface area contributed by atoms with Gasteiger partial charge < -0.3 is 15.2 Å². The lowest BCUT2D eigenvalue weighted by Crippen LogP contribution is -2.54. The summed E-state index contributed by atoms with van der Waals surface area (Å²) in [4.78, 5) is 19.6. The monoisotopic (exact) mass is 462 g/mol. The molecule has 0 spiro atoms. The van der Waals surface area contributed by atoms with Gasteiger partial charge in [0.2, 0.25) is 10.1 Å².